The molecule has 0 aliphatic carbocycles. The van der Waals surface area contributed by atoms with Crippen molar-refractivity contribution in [2.24, 2.45) is 0 Å². The minimum Gasteiger partial charge on any atom is -0.301 e. The van der Waals surface area contributed by atoms with E-state index in [0.717, 1.165) is 13.0 Å². The predicted molar refractivity (Wildman–Crippen MR) is 72.3 cm³/mol. The highest BCUT2D eigenvalue weighted by Crippen LogP contribution is 2.17. The minimum atomic E-state index is -0.309. The fourth-order valence-electron chi connectivity index (χ4n) is 1.62. The van der Waals surface area contributed by atoms with Crippen LogP contribution in [0.5, 0.6) is 0 Å². The van der Waals surface area contributed by atoms with Crippen LogP contribution in [0.4, 0.5) is 4.39 Å². The number of Topliss-reactive ketones (excluding diaryl/α,β-unsaturated/α-hetero) is 1. The molecular formula is C15H22FNO. The molecule has 0 amide bonds. The van der Waals surface area contributed by atoms with E-state index in [9.17, 15) is 9.18 Å². The van der Waals surface area contributed by atoms with Gasteiger partial charge in [0.2, 0.25) is 0 Å². The molecule has 0 radical (unpaired) electrons. The van der Waals surface area contributed by atoms with Gasteiger partial charge in [0.25, 0.3) is 0 Å². The lowest BCUT2D eigenvalue weighted by molar-refractivity contribution is 0.0929. The monoisotopic (exact) mass is 251 g/mol. The van der Waals surface area contributed by atoms with E-state index in [-0.39, 0.29) is 17.1 Å². The number of carbonyl (C=O) groups excluding carboxylic acids is 1. The average molecular weight is 251 g/mol. The van der Waals surface area contributed by atoms with Crippen molar-refractivity contribution in [1.29, 1.82) is 0 Å². The second kappa shape index (κ2) is 6.10. The van der Waals surface area contributed by atoms with Crippen molar-refractivity contribution < 1.29 is 9.18 Å². The van der Waals surface area contributed by atoms with E-state index in [2.05, 4.69) is 25.7 Å². The Morgan fingerprint density at radius 3 is 2.33 bits per heavy atom. The highest BCUT2D eigenvalue weighted by molar-refractivity contribution is 5.96. The molecule has 18 heavy (non-hydrogen) atoms. The van der Waals surface area contributed by atoms with Crippen LogP contribution in [0, 0.1) is 5.82 Å². The van der Waals surface area contributed by atoms with Crippen LogP contribution in [-0.2, 0) is 0 Å². The second-order valence-corrected chi connectivity index (χ2v) is 5.27. The lowest BCUT2D eigenvalue weighted by atomic mass is 9.99. The number of benzene rings is 1. The first kappa shape index (κ1) is 14.8. The molecule has 1 rings (SSSR count). The Hall–Kier alpha value is -1.22. The van der Waals surface area contributed by atoms with Gasteiger partial charge in [-0.25, -0.2) is 4.39 Å². The standard InChI is InChI=1S/C15H22FNO/c1-5-15(2,3)17(4)11-10-14(18)12-6-8-13(16)9-7-12/h6-9H,5,10-11H2,1-4H3. The number of hydrogen-bond acceptors (Lipinski definition) is 2. The Labute approximate surface area is 109 Å². The molecule has 0 aromatic heterocycles. The van der Waals surface area contributed by atoms with E-state index in [0.29, 0.717) is 12.0 Å². The maximum Gasteiger partial charge on any atom is 0.164 e. The van der Waals surface area contributed by atoms with Crippen molar-refractivity contribution >= 4 is 5.78 Å². The molecule has 0 saturated carbocycles. The topological polar surface area (TPSA) is 20.3 Å². The van der Waals surface area contributed by atoms with Gasteiger partial charge in [0, 0.05) is 24.1 Å². The summed E-state index contributed by atoms with van der Waals surface area (Å²) in [7, 11) is 2.03. The summed E-state index contributed by atoms with van der Waals surface area (Å²) in [6, 6.07) is 5.74. The van der Waals surface area contributed by atoms with Gasteiger partial charge < -0.3 is 4.90 Å². The van der Waals surface area contributed by atoms with Crippen molar-refractivity contribution in [3.63, 3.8) is 0 Å². The molecule has 0 aliphatic heterocycles. The SMILES string of the molecule is CCC(C)(C)N(C)CCC(=O)c1ccc(F)cc1. The smallest absolute Gasteiger partial charge is 0.164 e. The Kier molecular flexibility index (Phi) is 5.03. The third-order valence-corrected chi connectivity index (χ3v) is 3.74. The van der Waals surface area contributed by atoms with E-state index in [1.807, 2.05) is 7.05 Å². The van der Waals surface area contributed by atoms with Gasteiger partial charge in [0.1, 0.15) is 5.82 Å². The van der Waals surface area contributed by atoms with E-state index in [4.69, 9.17) is 0 Å². The van der Waals surface area contributed by atoms with Crippen molar-refractivity contribution in [2.75, 3.05) is 13.6 Å². The Morgan fingerprint density at radius 2 is 1.83 bits per heavy atom. The maximum absolute atomic E-state index is 12.7. The fraction of sp³-hybridized carbons (Fsp3) is 0.533. The third kappa shape index (κ3) is 3.91. The molecule has 0 heterocycles. The quantitative estimate of drug-likeness (QED) is 0.721. The summed E-state index contributed by atoms with van der Waals surface area (Å²) in [5, 5.41) is 0. The summed E-state index contributed by atoms with van der Waals surface area (Å²) < 4.78 is 12.7. The molecule has 0 bridgehead atoms. The van der Waals surface area contributed by atoms with Gasteiger partial charge in [-0.2, -0.15) is 0 Å². The van der Waals surface area contributed by atoms with Crippen LogP contribution in [0.15, 0.2) is 24.3 Å². The molecule has 1 aromatic rings. The number of halogens is 1. The Morgan fingerprint density at radius 1 is 1.28 bits per heavy atom. The number of nitrogens with zero attached hydrogens (tertiary/aromatic N) is 1. The third-order valence-electron chi connectivity index (χ3n) is 3.74. The zero-order chi connectivity index (χ0) is 13.8. The number of hydrogen-bond donors (Lipinski definition) is 0. The molecule has 0 atom stereocenters. The molecule has 2 nitrogen and oxygen atoms in total. The predicted octanol–water partition coefficient (Wildman–Crippen LogP) is 3.52. The van der Waals surface area contributed by atoms with Gasteiger partial charge in [-0.15, -0.1) is 0 Å². The summed E-state index contributed by atoms with van der Waals surface area (Å²) in [5.41, 5.74) is 0.683. The van der Waals surface area contributed by atoms with Gasteiger partial charge in [0.05, 0.1) is 0 Å². The zero-order valence-electron chi connectivity index (χ0n) is 11.7. The molecule has 0 fully saturated rings. The first-order valence-electron chi connectivity index (χ1n) is 6.37. The lowest BCUT2D eigenvalue weighted by Gasteiger charge is -2.34. The van der Waals surface area contributed by atoms with Gasteiger partial charge in [0.15, 0.2) is 5.78 Å². The molecule has 0 saturated heterocycles. The average Bonchev–Trinajstić information content (AvgIpc) is 2.36. The van der Waals surface area contributed by atoms with E-state index < -0.39 is 0 Å². The fourth-order valence-corrected chi connectivity index (χ4v) is 1.62. The van der Waals surface area contributed by atoms with Crippen LogP contribution < -0.4 is 0 Å². The van der Waals surface area contributed by atoms with Crippen molar-refractivity contribution in [3.05, 3.63) is 35.6 Å². The van der Waals surface area contributed by atoms with Crippen LogP contribution in [0.2, 0.25) is 0 Å². The molecule has 0 spiro atoms. The number of rotatable bonds is 6. The molecule has 100 valence electrons. The van der Waals surface area contributed by atoms with Crippen LogP contribution in [0.25, 0.3) is 0 Å². The Bertz CT molecular complexity index is 397. The Balaban J connectivity index is 2.54. The molecule has 0 N–H and O–H groups in total. The highest BCUT2D eigenvalue weighted by atomic mass is 19.1. The summed E-state index contributed by atoms with van der Waals surface area (Å²) in [4.78, 5) is 14.1. The minimum absolute atomic E-state index is 0.0637. The van der Waals surface area contributed by atoms with Crippen molar-refractivity contribution in [1.82, 2.24) is 4.90 Å². The summed E-state index contributed by atoms with van der Waals surface area (Å²) >= 11 is 0. The first-order chi connectivity index (χ1) is 8.36. The molecule has 0 aliphatic rings. The highest BCUT2D eigenvalue weighted by Gasteiger charge is 2.21. The lowest BCUT2D eigenvalue weighted by Crippen LogP contribution is -2.41. The summed E-state index contributed by atoms with van der Waals surface area (Å²) in [6.07, 6.45) is 1.50. The van der Waals surface area contributed by atoms with Crippen LogP contribution >= 0.6 is 0 Å². The van der Waals surface area contributed by atoms with E-state index >= 15 is 0 Å². The van der Waals surface area contributed by atoms with E-state index in [1.54, 1.807) is 12.1 Å². The van der Waals surface area contributed by atoms with Crippen molar-refractivity contribution in [2.45, 2.75) is 39.2 Å². The maximum atomic E-state index is 12.7. The summed E-state index contributed by atoms with van der Waals surface area (Å²) in [6.45, 7) is 7.18. The normalized spacial score (nSPS) is 11.9. The zero-order valence-corrected chi connectivity index (χ0v) is 11.7. The van der Waals surface area contributed by atoms with Gasteiger partial charge in [-0.3, -0.25) is 4.79 Å². The van der Waals surface area contributed by atoms with Crippen LogP contribution in [0.3, 0.4) is 0 Å². The van der Waals surface area contributed by atoms with Crippen molar-refractivity contribution in [3.8, 4) is 0 Å². The van der Waals surface area contributed by atoms with Gasteiger partial charge in [-0.1, -0.05) is 6.92 Å². The molecule has 1 aromatic carbocycles. The van der Waals surface area contributed by atoms with Crippen LogP contribution in [-0.4, -0.2) is 29.8 Å². The number of ketones is 1. The molecule has 0 unspecified atom stereocenters. The van der Waals surface area contributed by atoms with Crippen LogP contribution in [0.1, 0.15) is 44.0 Å². The summed E-state index contributed by atoms with van der Waals surface area (Å²) in [5.74, 6) is -0.246. The largest absolute Gasteiger partial charge is 0.301 e. The second-order valence-electron chi connectivity index (χ2n) is 5.27. The van der Waals surface area contributed by atoms with Gasteiger partial charge >= 0.3 is 0 Å². The number of carbonyl (C=O) groups is 1. The first-order valence-corrected chi connectivity index (χ1v) is 6.37. The van der Waals surface area contributed by atoms with E-state index in [1.165, 1.54) is 12.1 Å². The molecular weight excluding hydrogens is 229 g/mol. The van der Waals surface area contributed by atoms with Gasteiger partial charge in [-0.05, 0) is 51.6 Å². The molecule has 3 heteroatoms.